The van der Waals surface area contributed by atoms with Gasteiger partial charge < -0.3 is 4.74 Å². The van der Waals surface area contributed by atoms with Crippen molar-refractivity contribution in [3.8, 4) is 0 Å². The van der Waals surface area contributed by atoms with Gasteiger partial charge in [-0.25, -0.2) is 13.4 Å². The van der Waals surface area contributed by atoms with Crippen molar-refractivity contribution in [3.63, 3.8) is 0 Å². The number of carbonyl (C=O) groups is 1. The number of nitrogens with zero attached hydrogens (tertiary/aromatic N) is 2. The number of rotatable bonds is 3. The lowest BCUT2D eigenvalue weighted by Gasteiger charge is -2.53. The molecule has 0 saturated carbocycles. The van der Waals surface area contributed by atoms with Gasteiger partial charge in [-0.05, 0) is 24.6 Å². The first kappa shape index (κ1) is 18.4. The summed E-state index contributed by atoms with van der Waals surface area (Å²) in [6, 6.07) is 5.40. The Hall–Kier alpha value is -1.38. The molecule has 1 unspecified atom stereocenters. The first-order chi connectivity index (χ1) is 11.6. The molecule has 0 N–H and O–H groups in total. The molecule has 2 aliphatic heterocycles. The number of carbonyl (C=O) groups excluding carboxylic acids is 1. The standard InChI is InChI=1S/C17H22N2O4S2/c1-10-13(17(2,3)4)19-14(20)12(23-5)15(19)25(21,22)16(10)24-11-8-6-7-9-18-11/h6-9,12,15-16H,1-5H3/t12-,15-,16?/m0/s1. The second-order valence-corrected chi connectivity index (χ2v) is 10.8. The summed E-state index contributed by atoms with van der Waals surface area (Å²) in [4.78, 5) is 18.1. The van der Waals surface area contributed by atoms with Crippen molar-refractivity contribution < 1.29 is 17.9 Å². The highest BCUT2D eigenvalue weighted by atomic mass is 32.3. The average Bonchev–Trinajstić information content (AvgIpc) is 2.52. The Morgan fingerprint density at radius 1 is 1.28 bits per heavy atom. The maximum Gasteiger partial charge on any atom is 0.260 e. The predicted molar refractivity (Wildman–Crippen MR) is 96.4 cm³/mol. The van der Waals surface area contributed by atoms with Crippen LogP contribution in [-0.4, -0.2) is 47.4 Å². The summed E-state index contributed by atoms with van der Waals surface area (Å²) in [6.07, 6.45) is 0.695. The number of ether oxygens (including phenoxy) is 1. The van der Waals surface area contributed by atoms with Crippen LogP contribution in [0.5, 0.6) is 0 Å². The smallest absolute Gasteiger partial charge is 0.260 e. The maximum absolute atomic E-state index is 13.2. The van der Waals surface area contributed by atoms with E-state index in [1.807, 2.05) is 26.8 Å². The van der Waals surface area contributed by atoms with Gasteiger partial charge in [0.05, 0.1) is 5.03 Å². The van der Waals surface area contributed by atoms with E-state index < -0.39 is 25.9 Å². The van der Waals surface area contributed by atoms with Gasteiger partial charge in [-0.3, -0.25) is 9.69 Å². The van der Waals surface area contributed by atoms with Crippen LogP contribution in [0.1, 0.15) is 27.7 Å². The number of allylic oxidation sites excluding steroid dienone is 1. The van der Waals surface area contributed by atoms with E-state index in [1.165, 1.54) is 23.8 Å². The van der Waals surface area contributed by atoms with Crippen LogP contribution in [0, 0.1) is 5.41 Å². The van der Waals surface area contributed by atoms with Crippen molar-refractivity contribution in [2.24, 2.45) is 5.41 Å². The number of thioether (sulfide) groups is 1. The number of sulfone groups is 1. The monoisotopic (exact) mass is 382 g/mol. The molecule has 1 aromatic rings. The van der Waals surface area contributed by atoms with Gasteiger partial charge >= 0.3 is 0 Å². The molecule has 0 radical (unpaired) electrons. The van der Waals surface area contributed by atoms with Gasteiger partial charge in [-0.1, -0.05) is 38.6 Å². The highest BCUT2D eigenvalue weighted by molar-refractivity contribution is 8.14. The number of hydrogen-bond donors (Lipinski definition) is 0. The van der Waals surface area contributed by atoms with Crippen molar-refractivity contribution in [2.75, 3.05) is 7.11 Å². The lowest BCUT2D eigenvalue weighted by Crippen LogP contribution is -2.71. The summed E-state index contributed by atoms with van der Waals surface area (Å²) < 4.78 is 30.8. The first-order valence-electron chi connectivity index (χ1n) is 7.98. The Morgan fingerprint density at radius 3 is 2.48 bits per heavy atom. The molecule has 0 spiro atoms. The molecular formula is C17H22N2O4S2. The molecule has 3 rings (SSSR count). The van der Waals surface area contributed by atoms with Gasteiger partial charge in [0, 0.05) is 24.4 Å². The van der Waals surface area contributed by atoms with Gasteiger partial charge in [0.15, 0.2) is 21.3 Å². The zero-order valence-corrected chi connectivity index (χ0v) is 16.5. The molecule has 0 bridgehead atoms. The summed E-state index contributed by atoms with van der Waals surface area (Å²) in [5.41, 5.74) is 1.08. The van der Waals surface area contributed by atoms with E-state index in [-0.39, 0.29) is 11.3 Å². The van der Waals surface area contributed by atoms with E-state index in [1.54, 1.807) is 25.3 Å². The van der Waals surface area contributed by atoms with Gasteiger partial charge in [0.25, 0.3) is 5.91 Å². The zero-order chi connectivity index (χ0) is 18.6. The second kappa shape index (κ2) is 6.10. The predicted octanol–water partition coefficient (Wildman–Crippen LogP) is 2.43. The fraction of sp³-hybridized carbons (Fsp3) is 0.529. The van der Waals surface area contributed by atoms with E-state index in [9.17, 15) is 13.2 Å². The summed E-state index contributed by atoms with van der Waals surface area (Å²) in [6.45, 7) is 7.74. The van der Waals surface area contributed by atoms with Crippen LogP contribution in [0.4, 0.5) is 0 Å². The summed E-state index contributed by atoms with van der Waals surface area (Å²) in [7, 11) is -2.28. The van der Waals surface area contributed by atoms with Crippen LogP contribution in [0.25, 0.3) is 0 Å². The van der Waals surface area contributed by atoms with E-state index in [2.05, 4.69) is 4.98 Å². The normalized spacial score (nSPS) is 28.6. The van der Waals surface area contributed by atoms with E-state index in [4.69, 9.17) is 4.74 Å². The number of fused-ring (bicyclic) bond motifs is 1. The van der Waals surface area contributed by atoms with Gasteiger partial charge in [0.1, 0.15) is 4.58 Å². The lowest BCUT2D eigenvalue weighted by atomic mass is 9.85. The number of methoxy groups -OCH3 is 1. The lowest BCUT2D eigenvalue weighted by molar-refractivity contribution is -0.160. The quantitative estimate of drug-likeness (QED) is 0.748. The van der Waals surface area contributed by atoms with Crippen LogP contribution in [-0.2, 0) is 19.4 Å². The minimum absolute atomic E-state index is 0.290. The molecule has 136 valence electrons. The minimum atomic E-state index is -3.65. The molecule has 3 heterocycles. The number of hydrogen-bond acceptors (Lipinski definition) is 6. The Balaban J connectivity index is 2.14. The highest BCUT2D eigenvalue weighted by Gasteiger charge is 2.63. The molecule has 1 fully saturated rings. The molecule has 8 heteroatoms. The minimum Gasteiger partial charge on any atom is -0.368 e. The Kier molecular flexibility index (Phi) is 4.50. The van der Waals surface area contributed by atoms with E-state index in [0.29, 0.717) is 10.6 Å². The molecule has 1 amide bonds. The third-order valence-corrected chi connectivity index (χ3v) is 8.65. The van der Waals surface area contributed by atoms with Crippen molar-refractivity contribution in [3.05, 3.63) is 35.7 Å². The molecule has 25 heavy (non-hydrogen) atoms. The number of aromatic nitrogens is 1. The van der Waals surface area contributed by atoms with Gasteiger partial charge in [0.2, 0.25) is 0 Å². The van der Waals surface area contributed by atoms with Crippen molar-refractivity contribution in [2.45, 2.75) is 48.8 Å². The third kappa shape index (κ3) is 2.80. The largest absolute Gasteiger partial charge is 0.368 e. The summed E-state index contributed by atoms with van der Waals surface area (Å²) in [5.74, 6) is -0.290. The molecule has 1 aromatic heterocycles. The van der Waals surface area contributed by atoms with Crippen molar-refractivity contribution in [1.29, 1.82) is 0 Å². The Morgan fingerprint density at radius 2 is 1.96 bits per heavy atom. The molecule has 0 aromatic carbocycles. The average molecular weight is 383 g/mol. The zero-order valence-electron chi connectivity index (χ0n) is 14.9. The maximum atomic E-state index is 13.2. The van der Waals surface area contributed by atoms with E-state index >= 15 is 0 Å². The molecule has 3 atom stereocenters. The third-order valence-electron chi connectivity index (χ3n) is 4.43. The first-order valence-corrected chi connectivity index (χ1v) is 10.5. The highest BCUT2D eigenvalue weighted by Crippen LogP contribution is 2.50. The topological polar surface area (TPSA) is 76.6 Å². The van der Waals surface area contributed by atoms with Gasteiger partial charge in [-0.2, -0.15) is 0 Å². The van der Waals surface area contributed by atoms with Crippen LogP contribution in [0.2, 0.25) is 0 Å². The van der Waals surface area contributed by atoms with Crippen LogP contribution in [0.3, 0.4) is 0 Å². The fourth-order valence-corrected chi connectivity index (χ4v) is 7.41. The molecule has 1 saturated heterocycles. The second-order valence-electron chi connectivity index (χ2n) is 7.24. The van der Waals surface area contributed by atoms with Crippen LogP contribution >= 0.6 is 11.8 Å². The summed E-state index contributed by atoms with van der Waals surface area (Å²) in [5, 5.41) is -0.333. The van der Waals surface area contributed by atoms with Crippen molar-refractivity contribution in [1.82, 2.24) is 9.88 Å². The summed E-state index contributed by atoms with van der Waals surface area (Å²) >= 11 is 1.20. The number of pyridine rings is 1. The Labute approximate surface area is 152 Å². The Bertz CT molecular complexity index is 828. The molecule has 0 aliphatic carbocycles. The number of β-lactam (4-membered cyclic amide) rings is 1. The van der Waals surface area contributed by atoms with E-state index in [0.717, 1.165) is 5.70 Å². The SMILES string of the molecule is CO[C@H]1C(=O)N2C(C(C)(C)C)=C(C)C(Sc3ccccn3)S(=O)(=O)[C@@H]12. The molecule has 2 aliphatic rings. The van der Waals surface area contributed by atoms with Crippen LogP contribution < -0.4 is 0 Å². The fourth-order valence-electron chi connectivity index (χ4n) is 3.52. The molecule has 6 nitrogen and oxygen atoms in total. The number of amides is 1. The van der Waals surface area contributed by atoms with Gasteiger partial charge in [-0.15, -0.1) is 0 Å². The molecular weight excluding hydrogens is 360 g/mol. The van der Waals surface area contributed by atoms with Crippen molar-refractivity contribution >= 4 is 27.5 Å². The van der Waals surface area contributed by atoms with Crippen LogP contribution in [0.15, 0.2) is 40.7 Å².